The van der Waals surface area contributed by atoms with E-state index in [4.69, 9.17) is 4.74 Å². The van der Waals surface area contributed by atoms with E-state index in [2.05, 4.69) is 15.6 Å². The first kappa shape index (κ1) is 17.9. The minimum atomic E-state index is -0.223. The Labute approximate surface area is 131 Å². The zero-order valence-corrected chi connectivity index (χ0v) is 13.2. The van der Waals surface area contributed by atoms with Crippen molar-refractivity contribution < 1.29 is 13.9 Å². The number of ether oxygens (including phenoxy) is 1. The Bertz CT molecular complexity index is 492. The van der Waals surface area contributed by atoms with E-state index in [1.54, 1.807) is 20.0 Å². The minimum absolute atomic E-state index is 0.182. The molecule has 0 heterocycles. The van der Waals surface area contributed by atoms with Gasteiger partial charge < -0.3 is 15.4 Å². The highest BCUT2D eigenvalue weighted by molar-refractivity contribution is 5.79. The molecule has 5 nitrogen and oxygen atoms in total. The van der Waals surface area contributed by atoms with Crippen LogP contribution in [-0.2, 0) is 16.0 Å². The highest BCUT2D eigenvalue weighted by Gasteiger charge is 2.02. The lowest BCUT2D eigenvalue weighted by atomic mass is 10.1. The van der Waals surface area contributed by atoms with Crippen molar-refractivity contribution in [3.05, 3.63) is 35.6 Å². The van der Waals surface area contributed by atoms with Crippen LogP contribution in [0, 0.1) is 5.82 Å². The summed E-state index contributed by atoms with van der Waals surface area (Å²) in [7, 11) is 1.68. The third-order valence-electron chi connectivity index (χ3n) is 2.97. The summed E-state index contributed by atoms with van der Waals surface area (Å²) in [4.78, 5) is 15.3. The van der Waals surface area contributed by atoms with Gasteiger partial charge in [-0.05, 0) is 37.5 Å². The fraction of sp³-hybridized carbons (Fsp3) is 0.500. The standard InChI is InChI=1S/C16H24FN3O2/c1-3-22-15(21)8-5-10-19-16(18-2)20-11-9-13-6-4-7-14(17)12-13/h4,6-7,12H,3,5,8-11H2,1-2H3,(H2,18,19,20). The Kier molecular flexibility index (Phi) is 8.64. The van der Waals surface area contributed by atoms with E-state index in [0.717, 1.165) is 5.56 Å². The van der Waals surface area contributed by atoms with Crippen molar-refractivity contribution in [3.8, 4) is 0 Å². The summed E-state index contributed by atoms with van der Waals surface area (Å²) in [6.07, 6.45) is 1.78. The third kappa shape index (κ3) is 7.61. The van der Waals surface area contributed by atoms with E-state index in [1.165, 1.54) is 12.1 Å². The zero-order chi connectivity index (χ0) is 16.2. The third-order valence-corrected chi connectivity index (χ3v) is 2.97. The van der Waals surface area contributed by atoms with Crippen molar-refractivity contribution in [2.75, 3.05) is 26.7 Å². The highest BCUT2D eigenvalue weighted by atomic mass is 19.1. The molecule has 1 rings (SSSR count). The molecule has 1 aromatic carbocycles. The topological polar surface area (TPSA) is 62.7 Å². The number of nitrogens with one attached hydrogen (secondary N) is 2. The van der Waals surface area contributed by atoms with Gasteiger partial charge in [-0.2, -0.15) is 0 Å². The smallest absolute Gasteiger partial charge is 0.305 e. The van der Waals surface area contributed by atoms with Crippen LogP contribution in [0.15, 0.2) is 29.3 Å². The molecule has 0 saturated carbocycles. The molecule has 6 heteroatoms. The number of hydrogen-bond acceptors (Lipinski definition) is 3. The maximum absolute atomic E-state index is 13.1. The Morgan fingerprint density at radius 1 is 1.32 bits per heavy atom. The van der Waals surface area contributed by atoms with Crippen LogP contribution in [0.25, 0.3) is 0 Å². The molecule has 0 saturated heterocycles. The lowest BCUT2D eigenvalue weighted by Gasteiger charge is -2.11. The molecule has 0 aromatic heterocycles. The van der Waals surface area contributed by atoms with Gasteiger partial charge in [0, 0.05) is 26.6 Å². The molecule has 0 spiro atoms. The lowest BCUT2D eigenvalue weighted by molar-refractivity contribution is -0.143. The van der Waals surface area contributed by atoms with Gasteiger partial charge in [-0.3, -0.25) is 9.79 Å². The van der Waals surface area contributed by atoms with Crippen LogP contribution >= 0.6 is 0 Å². The van der Waals surface area contributed by atoms with Gasteiger partial charge in [0.1, 0.15) is 5.82 Å². The van der Waals surface area contributed by atoms with Crippen molar-refractivity contribution >= 4 is 11.9 Å². The summed E-state index contributed by atoms with van der Waals surface area (Å²) >= 11 is 0. The predicted octanol–water partition coefficient (Wildman–Crippen LogP) is 1.88. The quantitative estimate of drug-likeness (QED) is 0.333. The molecule has 22 heavy (non-hydrogen) atoms. The van der Waals surface area contributed by atoms with Crippen molar-refractivity contribution in [2.24, 2.45) is 4.99 Å². The first-order valence-corrected chi connectivity index (χ1v) is 7.50. The molecule has 122 valence electrons. The second-order valence-corrected chi connectivity index (χ2v) is 4.71. The maximum atomic E-state index is 13.1. The number of benzene rings is 1. The van der Waals surface area contributed by atoms with Gasteiger partial charge in [-0.1, -0.05) is 12.1 Å². The molecule has 0 radical (unpaired) electrons. The summed E-state index contributed by atoms with van der Waals surface area (Å²) in [5.41, 5.74) is 0.935. The molecule has 2 N–H and O–H groups in total. The average Bonchev–Trinajstić information content (AvgIpc) is 2.50. The Morgan fingerprint density at radius 2 is 2.09 bits per heavy atom. The number of carbonyl (C=O) groups is 1. The number of nitrogens with zero attached hydrogens (tertiary/aromatic N) is 1. The number of esters is 1. The van der Waals surface area contributed by atoms with Gasteiger partial charge >= 0.3 is 5.97 Å². The van der Waals surface area contributed by atoms with Gasteiger partial charge in [0.25, 0.3) is 0 Å². The molecule has 0 unspecified atom stereocenters. The number of guanidine groups is 1. The first-order chi connectivity index (χ1) is 10.7. The summed E-state index contributed by atoms with van der Waals surface area (Å²) in [6.45, 7) is 3.50. The summed E-state index contributed by atoms with van der Waals surface area (Å²) in [6, 6.07) is 6.55. The fourth-order valence-corrected chi connectivity index (χ4v) is 1.91. The number of hydrogen-bond donors (Lipinski definition) is 2. The van der Waals surface area contributed by atoms with Crippen LogP contribution in [-0.4, -0.2) is 38.7 Å². The van der Waals surface area contributed by atoms with E-state index in [0.29, 0.717) is 44.9 Å². The Hall–Kier alpha value is -2.11. The normalized spacial score (nSPS) is 11.1. The maximum Gasteiger partial charge on any atom is 0.305 e. The molecule has 0 amide bonds. The molecule has 0 fully saturated rings. The Balaban J connectivity index is 2.18. The average molecular weight is 309 g/mol. The lowest BCUT2D eigenvalue weighted by Crippen LogP contribution is -2.38. The van der Waals surface area contributed by atoms with Gasteiger partial charge in [0.15, 0.2) is 5.96 Å². The predicted molar refractivity (Wildman–Crippen MR) is 85.3 cm³/mol. The molecule has 0 aliphatic heterocycles. The van der Waals surface area contributed by atoms with Crippen molar-refractivity contribution in [1.82, 2.24) is 10.6 Å². The summed E-state index contributed by atoms with van der Waals surface area (Å²) < 4.78 is 17.9. The highest BCUT2D eigenvalue weighted by Crippen LogP contribution is 2.03. The molecule has 0 aliphatic rings. The van der Waals surface area contributed by atoms with E-state index in [-0.39, 0.29) is 11.8 Å². The van der Waals surface area contributed by atoms with Crippen molar-refractivity contribution in [3.63, 3.8) is 0 Å². The molecule has 1 aromatic rings. The van der Waals surface area contributed by atoms with Gasteiger partial charge in [0.05, 0.1) is 6.61 Å². The zero-order valence-electron chi connectivity index (χ0n) is 13.2. The number of rotatable bonds is 8. The van der Waals surface area contributed by atoms with Crippen LogP contribution in [0.5, 0.6) is 0 Å². The molecule has 0 aliphatic carbocycles. The molecule has 0 atom stereocenters. The van der Waals surface area contributed by atoms with Crippen LogP contribution < -0.4 is 10.6 Å². The molecular weight excluding hydrogens is 285 g/mol. The van der Waals surface area contributed by atoms with E-state index in [1.807, 2.05) is 6.07 Å². The van der Waals surface area contributed by atoms with E-state index in [9.17, 15) is 9.18 Å². The van der Waals surface area contributed by atoms with Crippen LogP contribution in [0.4, 0.5) is 4.39 Å². The summed E-state index contributed by atoms with van der Waals surface area (Å²) in [5.74, 6) is 0.262. The van der Waals surface area contributed by atoms with Gasteiger partial charge in [0.2, 0.25) is 0 Å². The number of carbonyl (C=O) groups excluding carboxylic acids is 1. The number of aliphatic imine (C=N–C) groups is 1. The second-order valence-electron chi connectivity index (χ2n) is 4.71. The van der Waals surface area contributed by atoms with Crippen molar-refractivity contribution in [2.45, 2.75) is 26.2 Å². The SMILES string of the molecule is CCOC(=O)CCCNC(=NC)NCCc1cccc(F)c1. The Morgan fingerprint density at radius 3 is 2.77 bits per heavy atom. The van der Waals surface area contributed by atoms with Crippen LogP contribution in [0.3, 0.4) is 0 Å². The van der Waals surface area contributed by atoms with Crippen molar-refractivity contribution in [1.29, 1.82) is 0 Å². The van der Waals surface area contributed by atoms with Gasteiger partial charge in [-0.15, -0.1) is 0 Å². The second kappa shape index (κ2) is 10.6. The van der Waals surface area contributed by atoms with E-state index >= 15 is 0 Å². The first-order valence-electron chi connectivity index (χ1n) is 7.50. The largest absolute Gasteiger partial charge is 0.466 e. The fourth-order valence-electron chi connectivity index (χ4n) is 1.91. The number of halogens is 1. The summed E-state index contributed by atoms with van der Waals surface area (Å²) in [5, 5.41) is 6.27. The molecular formula is C16H24FN3O2. The van der Waals surface area contributed by atoms with Crippen LogP contribution in [0.1, 0.15) is 25.3 Å². The minimum Gasteiger partial charge on any atom is -0.466 e. The molecule has 0 bridgehead atoms. The van der Waals surface area contributed by atoms with Crippen LogP contribution in [0.2, 0.25) is 0 Å². The van der Waals surface area contributed by atoms with Gasteiger partial charge in [-0.25, -0.2) is 4.39 Å². The monoisotopic (exact) mass is 309 g/mol. The van der Waals surface area contributed by atoms with E-state index < -0.39 is 0 Å².